The van der Waals surface area contributed by atoms with Crippen LogP contribution in [0.4, 0.5) is 5.69 Å². The van der Waals surface area contributed by atoms with E-state index in [1.807, 2.05) is 23.1 Å². The van der Waals surface area contributed by atoms with Gasteiger partial charge in [-0.25, -0.2) is 4.98 Å². The Hall–Kier alpha value is -2.20. The first kappa shape index (κ1) is 16.3. The van der Waals surface area contributed by atoms with Gasteiger partial charge in [-0.15, -0.1) is 11.3 Å². The first-order valence-electron chi connectivity index (χ1n) is 8.96. The van der Waals surface area contributed by atoms with E-state index in [9.17, 15) is 4.79 Å². The summed E-state index contributed by atoms with van der Waals surface area (Å²) in [6.07, 6.45) is 4.45. The highest BCUT2D eigenvalue weighted by molar-refractivity contribution is 7.18. The summed E-state index contributed by atoms with van der Waals surface area (Å²) in [6.45, 7) is 2.95. The Balaban J connectivity index is 1.41. The normalized spacial score (nSPS) is 13.9. The van der Waals surface area contributed by atoms with Crippen molar-refractivity contribution >= 4 is 33.1 Å². The average molecular weight is 350 g/mol. The zero-order valence-electron chi connectivity index (χ0n) is 14.5. The molecule has 4 rings (SSSR count). The van der Waals surface area contributed by atoms with Crippen LogP contribution in [0.1, 0.15) is 35.4 Å². The van der Waals surface area contributed by atoms with Crippen molar-refractivity contribution in [2.24, 2.45) is 0 Å². The molecule has 0 radical (unpaired) electrons. The van der Waals surface area contributed by atoms with Gasteiger partial charge >= 0.3 is 0 Å². The van der Waals surface area contributed by atoms with Gasteiger partial charge in [0.25, 0.3) is 0 Å². The molecular formula is C21H22N2OS. The first-order chi connectivity index (χ1) is 12.2. The summed E-state index contributed by atoms with van der Waals surface area (Å²) in [5, 5.41) is 1.13. The third-order valence-corrected chi connectivity index (χ3v) is 5.94. The third-order valence-electron chi connectivity index (χ3n) is 4.84. The number of thiazole rings is 1. The number of rotatable bonds is 4. The monoisotopic (exact) mass is 350 g/mol. The molecule has 3 aromatic rings. The summed E-state index contributed by atoms with van der Waals surface area (Å²) >= 11 is 1.74. The number of benzene rings is 2. The molecule has 128 valence electrons. The van der Waals surface area contributed by atoms with E-state index in [0.717, 1.165) is 48.4 Å². The molecule has 3 nitrogen and oxygen atoms in total. The van der Waals surface area contributed by atoms with Gasteiger partial charge in [0, 0.05) is 18.7 Å². The molecular weight excluding hydrogens is 328 g/mol. The van der Waals surface area contributed by atoms with Crippen molar-refractivity contribution in [1.82, 2.24) is 4.98 Å². The number of hydrogen-bond acceptors (Lipinski definition) is 3. The summed E-state index contributed by atoms with van der Waals surface area (Å²) in [5.41, 5.74) is 4.73. The van der Waals surface area contributed by atoms with Gasteiger partial charge in [-0.1, -0.05) is 30.3 Å². The molecule has 0 saturated heterocycles. The van der Waals surface area contributed by atoms with E-state index in [1.54, 1.807) is 11.3 Å². The lowest BCUT2D eigenvalue weighted by molar-refractivity contribution is -0.118. The number of fused-ring (bicyclic) bond motifs is 2. The third kappa shape index (κ3) is 3.31. The van der Waals surface area contributed by atoms with Crippen molar-refractivity contribution in [2.75, 3.05) is 11.4 Å². The molecule has 2 heterocycles. The fraction of sp³-hybridized carbons (Fsp3) is 0.333. The van der Waals surface area contributed by atoms with Crippen LogP contribution in [0.15, 0.2) is 42.5 Å². The molecule has 0 bridgehead atoms. The summed E-state index contributed by atoms with van der Waals surface area (Å²) in [5.74, 6) is 0.247. The van der Waals surface area contributed by atoms with Gasteiger partial charge in [-0.05, 0) is 55.9 Å². The molecule has 0 atom stereocenters. The standard InChI is InChI=1S/C21H22N2OS/c1-15-7-4-8-16-9-6-14-23(21(15)16)20(24)13-5-12-19-22-17-10-2-3-11-18(17)25-19/h2-4,7-8,10-11H,5-6,9,12-14H2,1H3. The zero-order valence-corrected chi connectivity index (χ0v) is 15.3. The Kier molecular flexibility index (Phi) is 4.53. The predicted octanol–water partition coefficient (Wildman–Crippen LogP) is 4.91. The van der Waals surface area contributed by atoms with Crippen molar-refractivity contribution in [3.05, 3.63) is 58.6 Å². The highest BCUT2D eigenvalue weighted by Gasteiger charge is 2.23. The lowest BCUT2D eigenvalue weighted by Gasteiger charge is -2.31. The molecule has 1 aromatic heterocycles. The van der Waals surface area contributed by atoms with Gasteiger partial charge < -0.3 is 4.90 Å². The van der Waals surface area contributed by atoms with E-state index in [1.165, 1.54) is 15.8 Å². The van der Waals surface area contributed by atoms with E-state index in [0.29, 0.717) is 6.42 Å². The van der Waals surface area contributed by atoms with Crippen LogP contribution in [0.3, 0.4) is 0 Å². The molecule has 2 aromatic carbocycles. The van der Waals surface area contributed by atoms with Crippen molar-refractivity contribution in [1.29, 1.82) is 0 Å². The first-order valence-corrected chi connectivity index (χ1v) is 9.77. The van der Waals surface area contributed by atoms with Crippen molar-refractivity contribution in [3.63, 3.8) is 0 Å². The maximum absolute atomic E-state index is 12.8. The minimum atomic E-state index is 0.247. The SMILES string of the molecule is Cc1cccc2c1N(C(=O)CCCc1nc3ccccc3s1)CCC2. The summed E-state index contributed by atoms with van der Waals surface area (Å²) in [6, 6.07) is 14.6. The molecule has 0 saturated carbocycles. The van der Waals surface area contributed by atoms with E-state index in [2.05, 4.69) is 36.2 Å². The van der Waals surface area contributed by atoms with Crippen LogP contribution in [-0.2, 0) is 17.6 Å². The Morgan fingerprint density at radius 2 is 2.08 bits per heavy atom. The highest BCUT2D eigenvalue weighted by atomic mass is 32.1. The van der Waals surface area contributed by atoms with E-state index >= 15 is 0 Å². The summed E-state index contributed by atoms with van der Waals surface area (Å²) in [4.78, 5) is 19.5. The number of hydrogen-bond donors (Lipinski definition) is 0. The molecule has 0 spiro atoms. The Morgan fingerprint density at radius 1 is 1.20 bits per heavy atom. The molecule has 0 N–H and O–H groups in total. The van der Waals surface area contributed by atoms with Crippen LogP contribution in [0, 0.1) is 6.92 Å². The zero-order chi connectivity index (χ0) is 17.2. The van der Waals surface area contributed by atoms with Crippen LogP contribution >= 0.6 is 11.3 Å². The number of carbonyl (C=O) groups is 1. The van der Waals surface area contributed by atoms with Gasteiger partial charge in [0.15, 0.2) is 0 Å². The lowest BCUT2D eigenvalue weighted by atomic mass is 9.98. The van der Waals surface area contributed by atoms with Crippen molar-refractivity contribution in [3.8, 4) is 0 Å². The van der Waals surface area contributed by atoms with Gasteiger partial charge in [-0.3, -0.25) is 4.79 Å². The number of aryl methyl sites for hydroxylation is 3. The molecule has 1 aliphatic heterocycles. The van der Waals surface area contributed by atoms with Crippen molar-refractivity contribution < 1.29 is 4.79 Å². The number of carbonyl (C=O) groups excluding carboxylic acids is 1. The number of para-hydroxylation sites is 2. The second-order valence-corrected chi connectivity index (χ2v) is 7.78. The molecule has 1 aliphatic rings. The smallest absolute Gasteiger partial charge is 0.227 e. The fourth-order valence-corrected chi connectivity index (χ4v) is 4.66. The second kappa shape index (κ2) is 6.96. The maximum Gasteiger partial charge on any atom is 0.227 e. The van der Waals surface area contributed by atoms with E-state index in [4.69, 9.17) is 0 Å². The summed E-state index contributed by atoms with van der Waals surface area (Å²) < 4.78 is 1.23. The van der Waals surface area contributed by atoms with Gasteiger partial charge in [0.2, 0.25) is 5.91 Å². The molecule has 4 heteroatoms. The minimum absolute atomic E-state index is 0.247. The van der Waals surface area contributed by atoms with Gasteiger partial charge in [0.1, 0.15) is 0 Å². The van der Waals surface area contributed by atoms with Crippen LogP contribution < -0.4 is 4.90 Å². The second-order valence-electron chi connectivity index (χ2n) is 6.66. The van der Waals surface area contributed by atoms with E-state index in [-0.39, 0.29) is 5.91 Å². The topological polar surface area (TPSA) is 33.2 Å². The predicted molar refractivity (Wildman–Crippen MR) is 104 cm³/mol. The molecule has 25 heavy (non-hydrogen) atoms. The molecule has 0 aliphatic carbocycles. The van der Waals surface area contributed by atoms with Crippen LogP contribution in [0.5, 0.6) is 0 Å². The quantitative estimate of drug-likeness (QED) is 0.670. The van der Waals surface area contributed by atoms with Crippen LogP contribution in [0.25, 0.3) is 10.2 Å². The van der Waals surface area contributed by atoms with E-state index < -0.39 is 0 Å². The average Bonchev–Trinajstić information content (AvgIpc) is 3.04. The number of aromatic nitrogens is 1. The molecule has 1 amide bonds. The lowest BCUT2D eigenvalue weighted by Crippen LogP contribution is -2.36. The molecule has 0 unspecified atom stereocenters. The Bertz CT molecular complexity index is 882. The van der Waals surface area contributed by atoms with Crippen molar-refractivity contribution in [2.45, 2.75) is 39.0 Å². The van der Waals surface area contributed by atoms with Gasteiger partial charge in [-0.2, -0.15) is 0 Å². The Morgan fingerprint density at radius 3 is 2.96 bits per heavy atom. The number of amides is 1. The Labute approximate surface area is 152 Å². The number of nitrogens with zero attached hydrogens (tertiary/aromatic N) is 2. The largest absolute Gasteiger partial charge is 0.312 e. The minimum Gasteiger partial charge on any atom is -0.312 e. The molecule has 0 fully saturated rings. The highest BCUT2D eigenvalue weighted by Crippen LogP contribution is 2.31. The van der Waals surface area contributed by atoms with Gasteiger partial charge in [0.05, 0.1) is 15.2 Å². The number of anilines is 1. The summed E-state index contributed by atoms with van der Waals surface area (Å²) in [7, 11) is 0. The fourth-order valence-electron chi connectivity index (χ4n) is 3.65. The maximum atomic E-state index is 12.8. The van der Waals surface area contributed by atoms with Crippen LogP contribution in [-0.4, -0.2) is 17.4 Å². The van der Waals surface area contributed by atoms with Crippen LogP contribution in [0.2, 0.25) is 0 Å².